The lowest BCUT2D eigenvalue weighted by molar-refractivity contribution is -0.131. The summed E-state index contributed by atoms with van der Waals surface area (Å²) in [6, 6.07) is 10.1. The fraction of sp³-hybridized carbons (Fsp3) is 0.333. The molecule has 1 aromatic heterocycles. The van der Waals surface area contributed by atoms with Gasteiger partial charge in [0.15, 0.2) is 11.5 Å². The zero-order chi connectivity index (χ0) is 19.0. The summed E-state index contributed by atoms with van der Waals surface area (Å²) in [6.45, 7) is 2.96. The Kier molecular flexibility index (Phi) is 4.58. The molecule has 0 radical (unpaired) electrons. The van der Waals surface area contributed by atoms with E-state index in [1.165, 1.54) is 17.2 Å². The van der Waals surface area contributed by atoms with Crippen LogP contribution in [-0.2, 0) is 9.53 Å². The SMILES string of the molecule is Cc1ccc([C@@H]2C(C(=O)c3ccco3)=C(O)C(=O)N2C[C@H]2CCCO2)cc1. The molecule has 1 amide bonds. The number of nitrogens with zero attached hydrogens (tertiary/aromatic N) is 1. The second-order valence-corrected chi connectivity index (χ2v) is 6.97. The van der Waals surface area contributed by atoms with Crippen LogP contribution in [0, 0.1) is 6.92 Å². The van der Waals surface area contributed by atoms with E-state index in [2.05, 4.69) is 0 Å². The maximum absolute atomic E-state index is 13.0. The van der Waals surface area contributed by atoms with Crippen molar-refractivity contribution in [2.24, 2.45) is 0 Å². The average molecular weight is 367 g/mol. The third-order valence-corrected chi connectivity index (χ3v) is 5.11. The van der Waals surface area contributed by atoms with E-state index in [0.717, 1.165) is 24.0 Å². The highest BCUT2D eigenvalue weighted by Crippen LogP contribution is 2.39. The van der Waals surface area contributed by atoms with Crippen LogP contribution in [0.4, 0.5) is 0 Å². The first-order chi connectivity index (χ1) is 13.1. The molecule has 0 bridgehead atoms. The lowest BCUT2D eigenvalue weighted by Gasteiger charge is -2.28. The van der Waals surface area contributed by atoms with Crippen molar-refractivity contribution in [2.45, 2.75) is 31.9 Å². The van der Waals surface area contributed by atoms with E-state index >= 15 is 0 Å². The summed E-state index contributed by atoms with van der Waals surface area (Å²) in [4.78, 5) is 27.3. The second-order valence-electron chi connectivity index (χ2n) is 6.97. The van der Waals surface area contributed by atoms with Crippen molar-refractivity contribution in [1.29, 1.82) is 0 Å². The summed E-state index contributed by atoms with van der Waals surface area (Å²) >= 11 is 0. The number of furan rings is 1. The molecule has 2 aliphatic heterocycles. The molecule has 0 aliphatic carbocycles. The molecule has 1 aromatic carbocycles. The number of Topliss-reactive ketones (excluding diaryl/α,β-unsaturated/α-hetero) is 1. The number of benzene rings is 1. The minimum Gasteiger partial charge on any atom is -0.503 e. The molecule has 1 N–H and O–H groups in total. The first-order valence-electron chi connectivity index (χ1n) is 9.06. The topological polar surface area (TPSA) is 80.0 Å². The quantitative estimate of drug-likeness (QED) is 0.820. The highest BCUT2D eigenvalue weighted by Gasteiger charge is 2.45. The molecule has 2 aliphatic rings. The Morgan fingerprint density at radius 3 is 2.67 bits per heavy atom. The Bertz CT molecular complexity index is 876. The summed E-state index contributed by atoms with van der Waals surface area (Å²) in [6.07, 6.45) is 3.10. The largest absolute Gasteiger partial charge is 0.503 e. The normalized spacial score (nSPS) is 22.7. The van der Waals surface area contributed by atoms with Gasteiger partial charge in [-0.05, 0) is 37.5 Å². The summed E-state index contributed by atoms with van der Waals surface area (Å²) in [5, 5.41) is 10.5. The van der Waals surface area contributed by atoms with Crippen LogP contribution in [0.25, 0.3) is 0 Å². The predicted molar refractivity (Wildman–Crippen MR) is 97.3 cm³/mol. The van der Waals surface area contributed by atoms with Gasteiger partial charge in [0.25, 0.3) is 5.91 Å². The predicted octanol–water partition coefficient (Wildman–Crippen LogP) is 3.35. The number of aliphatic hydroxyl groups is 1. The molecule has 0 saturated carbocycles. The van der Waals surface area contributed by atoms with Gasteiger partial charge in [0.1, 0.15) is 0 Å². The highest BCUT2D eigenvalue weighted by atomic mass is 16.5. The Morgan fingerprint density at radius 2 is 2.04 bits per heavy atom. The van der Waals surface area contributed by atoms with E-state index in [1.54, 1.807) is 6.07 Å². The van der Waals surface area contributed by atoms with Gasteiger partial charge in [-0.1, -0.05) is 29.8 Å². The van der Waals surface area contributed by atoms with Gasteiger partial charge >= 0.3 is 0 Å². The molecular weight excluding hydrogens is 346 g/mol. The van der Waals surface area contributed by atoms with Crippen molar-refractivity contribution in [1.82, 2.24) is 4.90 Å². The lowest BCUT2D eigenvalue weighted by Crippen LogP contribution is -2.37. The average Bonchev–Trinajstić information content (AvgIpc) is 3.41. The zero-order valence-corrected chi connectivity index (χ0v) is 15.1. The molecule has 6 nitrogen and oxygen atoms in total. The van der Waals surface area contributed by atoms with Gasteiger partial charge in [-0.3, -0.25) is 9.59 Å². The number of aryl methyl sites for hydroxylation is 1. The minimum absolute atomic E-state index is 0.0526. The van der Waals surface area contributed by atoms with Crippen LogP contribution in [0.15, 0.2) is 58.4 Å². The fourth-order valence-corrected chi connectivity index (χ4v) is 3.72. The van der Waals surface area contributed by atoms with Crippen LogP contribution < -0.4 is 0 Å². The van der Waals surface area contributed by atoms with Gasteiger partial charge in [0, 0.05) is 13.2 Å². The van der Waals surface area contributed by atoms with Crippen LogP contribution in [-0.4, -0.2) is 41.0 Å². The highest BCUT2D eigenvalue weighted by molar-refractivity contribution is 6.15. The summed E-state index contributed by atoms with van der Waals surface area (Å²) in [5.74, 6) is -1.45. The number of hydrogen-bond acceptors (Lipinski definition) is 5. The van der Waals surface area contributed by atoms with E-state index in [9.17, 15) is 14.7 Å². The van der Waals surface area contributed by atoms with Gasteiger partial charge < -0.3 is 19.2 Å². The smallest absolute Gasteiger partial charge is 0.290 e. The van der Waals surface area contributed by atoms with Gasteiger partial charge in [-0.25, -0.2) is 0 Å². The Labute approximate surface area is 157 Å². The van der Waals surface area contributed by atoms with Gasteiger partial charge in [0.2, 0.25) is 5.78 Å². The van der Waals surface area contributed by atoms with E-state index in [-0.39, 0.29) is 17.4 Å². The number of carbonyl (C=O) groups is 2. The minimum atomic E-state index is -0.667. The van der Waals surface area contributed by atoms with Crippen LogP contribution in [0.2, 0.25) is 0 Å². The van der Waals surface area contributed by atoms with Crippen molar-refractivity contribution in [3.05, 3.63) is 70.9 Å². The first kappa shape index (κ1) is 17.5. The third-order valence-electron chi connectivity index (χ3n) is 5.11. The molecule has 2 aromatic rings. The molecule has 2 atom stereocenters. The molecule has 3 heterocycles. The lowest BCUT2D eigenvalue weighted by atomic mass is 9.94. The first-order valence-corrected chi connectivity index (χ1v) is 9.06. The Hall–Kier alpha value is -2.86. The molecule has 140 valence electrons. The van der Waals surface area contributed by atoms with Crippen molar-refractivity contribution in [3.63, 3.8) is 0 Å². The molecule has 27 heavy (non-hydrogen) atoms. The Balaban J connectivity index is 1.75. The van der Waals surface area contributed by atoms with Gasteiger partial charge in [0.05, 0.1) is 24.0 Å². The molecular formula is C21H21NO5. The molecule has 1 fully saturated rings. The number of carbonyl (C=O) groups excluding carboxylic acids is 2. The number of rotatable bonds is 5. The number of amides is 1. The van der Waals surface area contributed by atoms with Crippen LogP contribution in [0.1, 0.15) is 40.6 Å². The summed E-state index contributed by atoms with van der Waals surface area (Å²) < 4.78 is 10.9. The summed E-state index contributed by atoms with van der Waals surface area (Å²) in [5.41, 5.74) is 1.89. The van der Waals surface area contributed by atoms with E-state index in [0.29, 0.717) is 13.2 Å². The third kappa shape index (κ3) is 3.17. The standard InChI is InChI=1S/C21H21NO5/c1-13-6-8-14(9-7-13)18-17(19(23)16-5-3-11-27-16)20(24)21(25)22(18)12-15-4-2-10-26-15/h3,5-9,11,15,18,24H,2,4,10,12H2,1H3/t15-,18-/m1/s1. The summed E-state index contributed by atoms with van der Waals surface area (Å²) in [7, 11) is 0. The number of ether oxygens (including phenoxy) is 1. The number of hydrogen-bond donors (Lipinski definition) is 1. The van der Waals surface area contributed by atoms with Crippen molar-refractivity contribution >= 4 is 11.7 Å². The van der Waals surface area contributed by atoms with E-state index < -0.39 is 23.5 Å². The zero-order valence-electron chi connectivity index (χ0n) is 15.1. The molecule has 1 saturated heterocycles. The molecule has 4 rings (SSSR count). The Morgan fingerprint density at radius 1 is 1.26 bits per heavy atom. The van der Waals surface area contributed by atoms with Crippen molar-refractivity contribution < 1.29 is 23.8 Å². The second kappa shape index (κ2) is 7.04. The monoisotopic (exact) mass is 367 g/mol. The van der Waals surface area contributed by atoms with Gasteiger partial charge in [-0.2, -0.15) is 0 Å². The number of ketones is 1. The molecule has 0 spiro atoms. The molecule has 0 unspecified atom stereocenters. The van der Waals surface area contributed by atoms with E-state index in [4.69, 9.17) is 9.15 Å². The number of aliphatic hydroxyl groups excluding tert-OH is 1. The maximum atomic E-state index is 13.0. The van der Waals surface area contributed by atoms with Crippen LogP contribution in [0.5, 0.6) is 0 Å². The maximum Gasteiger partial charge on any atom is 0.290 e. The molecule has 6 heteroatoms. The fourth-order valence-electron chi connectivity index (χ4n) is 3.72. The van der Waals surface area contributed by atoms with Gasteiger partial charge in [-0.15, -0.1) is 0 Å². The van der Waals surface area contributed by atoms with Crippen molar-refractivity contribution in [3.8, 4) is 0 Å². The van der Waals surface area contributed by atoms with E-state index in [1.807, 2.05) is 31.2 Å². The van der Waals surface area contributed by atoms with Crippen molar-refractivity contribution in [2.75, 3.05) is 13.2 Å². The van der Waals surface area contributed by atoms with Crippen LogP contribution in [0.3, 0.4) is 0 Å². The van der Waals surface area contributed by atoms with Crippen LogP contribution >= 0.6 is 0 Å².